The highest BCUT2D eigenvalue weighted by atomic mass is 35.5. The van der Waals surface area contributed by atoms with Gasteiger partial charge in [-0.3, -0.25) is 4.79 Å². The summed E-state index contributed by atoms with van der Waals surface area (Å²) in [6, 6.07) is 8.70. The fourth-order valence-corrected chi connectivity index (χ4v) is 3.85. The topological polar surface area (TPSA) is 50.4 Å². The van der Waals surface area contributed by atoms with E-state index in [1.807, 2.05) is 6.07 Å². The monoisotopic (exact) mass is 336 g/mol. The van der Waals surface area contributed by atoms with E-state index in [0.717, 1.165) is 50.9 Å². The van der Waals surface area contributed by atoms with Crippen molar-refractivity contribution in [3.05, 3.63) is 29.8 Å². The van der Waals surface area contributed by atoms with Crippen molar-refractivity contribution in [3.63, 3.8) is 0 Å². The Morgan fingerprint density at radius 3 is 2.74 bits per heavy atom. The van der Waals surface area contributed by atoms with Crippen LogP contribution < -0.4 is 15.4 Å². The van der Waals surface area contributed by atoms with Crippen LogP contribution in [0.1, 0.15) is 50.0 Å². The zero-order valence-corrected chi connectivity index (χ0v) is 14.2. The van der Waals surface area contributed by atoms with Gasteiger partial charge >= 0.3 is 0 Å². The molecule has 23 heavy (non-hydrogen) atoms. The summed E-state index contributed by atoms with van der Waals surface area (Å²) in [7, 11) is 0. The van der Waals surface area contributed by atoms with Crippen LogP contribution in [0.25, 0.3) is 0 Å². The van der Waals surface area contributed by atoms with Gasteiger partial charge in [-0.15, -0.1) is 12.4 Å². The van der Waals surface area contributed by atoms with E-state index in [1.165, 1.54) is 5.56 Å². The molecule has 1 unspecified atom stereocenters. The van der Waals surface area contributed by atoms with Crippen LogP contribution in [0.5, 0.6) is 5.75 Å². The predicted molar refractivity (Wildman–Crippen MR) is 92.3 cm³/mol. The van der Waals surface area contributed by atoms with Crippen LogP contribution in [-0.4, -0.2) is 30.6 Å². The molecule has 0 aromatic heterocycles. The first-order chi connectivity index (χ1) is 10.7. The van der Waals surface area contributed by atoms with Gasteiger partial charge in [-0.2, -0.15) is 0 Å². The van der Waals surface area contributed by atoms with E-state index in [1.54, 1.807) is 0 Å². The summed E-state index contributed by atoms with van der Waals surface area (Å²) in [5.41, 5.74) is 1.13. The molecule has 1 amide bonds. The van der Waals surface area contributed by atoms with Crippen LogP contribution in [0.2, 0.25) is 0 Å². The molecule has 4 nitrogen and oxygen atoms in total. The number of amides is 1. The van der Waals surface area contributed by atoms with E-state index in [4.69, 9.17) is 4.74 Å². The number of fused-ring (bicyclic) bond motifs is 1. The third kappa shape index (κ3) is 3.64. The first-order valence-corrected chi connectivity index (χ1v) is 8.52. The third-order valence-corrected chi connectivity index (χ3v) is 5.19. The predicted octanol–water partition coefficient (Wildman–Crippen LogP) is 2.77. The normalized spacial score (nSPS) is 25.0. The van der Waals surface area contributed by atoms with Gasteiger partial charge in [0.15, 0.2) is 0 Å². The molecular weight excluding hydrogens is 312 g/mol. The lowest BCUT2D eigenvalue weighted by molar-refractivity contribution is -0.122. The number of piperidine rings is 1. The zero-order valence-electron chi connectivity index (χ0n) is 13.3. The van der Waals surface area contributed by atoms with Crippen molar-refractivity contribution in [1.29, 1.82) is 0 Å². The molecule has 1 aromatic carbocycles. The molecule has 126 valence electrons. The Labute approximate surface area is 143 Å². The highest BCUT2D eigenvalue weighted by Crippen LogP contribution is 2.45. The Morgan fingerprint density at radius 2 is 2.00 bits per heavy atom. The van der Waals surface area contributed by atoms with Crippen LogP contribution in [-0.2, 0) is 4.79 Å². The summed E-state index contributed by atoms with van der Waals surface area (Å²) in [6.07, 6.45) is 5.90. The molecule has 4 rings (SSSR count). The van der Waals surface area contributed by atoms with Crippen molar-refractivity contribution in [1.82, 2.24) is 10.6 Å². The second kappa shape index (κ2) is 6.70. The molecule has 2 fully saturated rings. The molecule has 3 aliphatic rings. The number of para-hydroxylation sites is 1. The molecule has 1 spiro atoms. The summed E-state index contributed by atoms with van der Waals surface area (Å²) in [5.74, 6) is 1.47. The Morgan fingerprint density at radius 1 is 1.26 bits per heavy atom. The first-order valence-electron chi connectivity index (χ1n) is 8.52. The quantitative estimate of drug-likeness (QED) is 0.892. The van der Waals surface area contributed by atoms with E-state index in [0.29, 0.717) is 12.5 Å². The van der Waals surface area contributed by atoms with Gasteiger partial charge in [0.1, 0.15) is 11.4 Å². The fourth-order valence-electron chi connectivity index (χ4n) is 3.85. The van der Waals surface area contributed by atoms with Gasteiger partial charge in [-0.05, 0) is 56.8 Å². The molecule has 0 radical (unpaired) electrons. The molecule has 2 heterocycles. The molecule has 0 bridgehead atoms. The number of hydrogen-bond acceptors (Lipinski definition) is 3. The van der Waals surface area contributed by atoms with Gasteiger partial charge in [0.25, 0.3) is 0 Å². The molecule has 2 aliphatic heterocycles. The molecule has 1 aromatic rings. The lowest BCUT2D eigenvalue weighted by atomic mass is 9.76. The molecule has 5 heteroatoms. The largest absolute Gasteiger partial charge is 0.487 e. The fraction of sp³-hybridized carbons (Fsp3) is 0.611. The van der Waals surface area contributed by atoms with Crippen LogP contribution in [0, 0.1) is 0 Å². The number of halogens is 1. The van der Waals surface area contributed by atoms with E-state index in [2.05, 4.69) is 28.8 Å². The van der Waals surface area contributed by atoms with Gasteiger partial charge in [-0.1, -0.05) is 18.2 Å². The summed E-state index contributed by atoms with van der Waals surface area (Å²) in [4.78, 5) is 12.3. The zero-order chi connectivity index (χ0) is 15.0. The van der Waals surface area contributed by atoms with Gasteiger partial charge in [0, 0.05) is 18.4 Å². The molecular formula is C18H25ClN2O2. The van der Waals surface area contributed by atoms with Crippen molar-refractivity contribution in [2.24, 2.45) is 0 Å². The molecule has 1 saturated carbocycles. The molecule has 1 aliphatic carbocycles. The lowest BCUT2D eigenvalue weighted by Crippen LogP contribution is -2.49. The number of rotatable bonds is 3. The average molecular weight is 337 g/mol. The second-order valence-electron chi connectivity index (χ2n) is 7.02. The molecule has 2 N–H and O–H groups in total. The number of carbonyl (C=O) groups excluding carboxylic acids is 1. The summed E-state index contributed by atoms with van der Waals surface area (Å²) in [5, 5.41) is 6.54. The van der Waals surface area contributed by atoms with Crippen molar-refractivity contribution in [2.45, 2.75) is 56.1 Å². The first kappa shape index (κ1) is 16.6. The molecule has 1 saturated heterocycles. The van der Waals surface area contributed by atoms with Gasteiger partial charge < -0.3 is 15.4 Å². The SMILES string of the molecule is Cl.O=C(CC1CC2(CCNCC2)Oc2ccccc21)NC1CC1. The van der Waals surface area contributed by atoms with Gasteiger partial charge in [0.05, 0.1) is 0 Å². The van der Waals surface area contributed by atoms with Crippen LogP contribution in [0.3, 0.4) is 0 Å². The average Bonchev–Trinajstić information content (AvgIpc) is 3.32. The standard InChI is InChI=1S/C18H24N2O2.ClH/c21-17(20-14-5-6-14)11-13-12-18(7-9-19-10-8-18)22-16-4-2-1-3-15(13)16;/h1-4,13-14,19H,5-12H2,(H,20,21);1H. The smallest absolute Gasteiger partial charge is 0.220 e. The van der Waals surface area contributed by atoms with Gasteiger partial charge in [0.2, 0.25) is 5.91 Å². The number of ether oxygens (including phenoxy) is 1. The Bertz CT molecular complexity index is 568. The highest BCUT2D eigenvalue weighted by Gasteiger charge is 2.42. The Hall–Kier alpha value is -1.26. The maximum Gasteiger partial charge on any atom is 0.220 e. The van der Waals surface area contributed by atoms with Crippen LogP contribution in [0.15, 0.2) is 24.3 Å². The number of hydrogen-bond donors (Lipinski definition) is 2. The summed E-state index contributed by atoms with van der Waals surface area (Å²) in [6.45, 7) is 2.01. The number of benzene rings is 1. The van der Waals surface area contributed by atoms with Crippen molar-refractivity contribution >= 4 is 18.3 Å². The van der Waals surface area contributed by atoms with Gasteiger partial charge in [-0.25, -0.2) is 0 Å². The van der Waals surface area contributed by atoms with E-state index in [-0.39, 0.29) is 29.8 Å². The van der Waals surface area contributed by atoms with Crippen LogP contribution >= 0.6 is 12.4 Å². The van der Waals surface area contributed by atoms with E-state index >= 15 is 0 Å². The maximum absolute atomic E-state index is 12.3. The summed E-state index contributed by atoms with van der Waals surface area (Å²) >= 11 is 0. The van der Waals surface area contributed by atoms with Crippen molar-refractivity contribution < 1.29 is 9.53 Å². The Balaban J connectivity index is 0.00000156. The molecule has 1 atom stereocenters. The minimum atomic E-state index is -0.0792. The maximum atomic E-state index is 12.3. The van der Waals surface area contributed by atoms with Crippen molar-refractivity contribution in [3.8, 4) is 5.75 Å². The second-order valence-corrected chi connectivity index (χ2v) is 7.02. The minimum absolute atomic E-state index is 0. The third-order valence-electron chi connectivity index (χ3n) is 5.19. The minimum Gasteiger partial charge on any atom is -0.487 e. The van der Waals surface area contributed by atoms with Crippen molar-refractivity contribution in [2.75, 3.05) is 13.1 Å². The van der Waals surface area contributed by atoms with E-state index in [9.17, 15) is 4.79 Å². The van der Waals surface area contributed by atoms with Crippen LogP contribution in [0.4, 0.5) is 0 Å². The summed E-state index contributed by atoms with van der Waals surface area (Å²) < 4.78 is 6.39. The number of nitrogens with one attached hydrogen (secondary N) is 2. The lowest BCUT2D eigenvalue weighted by Gasteiger charge is -2.44. The van der Waals surface area contributed by atoms with E-state index < -0.39 is 0 Å². The Kier molecular flexibility index (Phi) is 4.83. The highest BCUT2D eigenvalue weighted by molar-refractivity contribution is 5.85. The number of carbonyl (C=O) groups is 1.